The van der Waals surface area contributed by atoms with E-state index in [2.05, 4.69) is 16.3 Å². The van der Waals surface area contributed by atoms with E-state index in [1.165, 1.54) is 5.56 Å². The van der Waals surface area contributed by atoms with E-state index < -0.39 is 0 Å². The molecular weight excluding hydrogens is 330 g/mol. The highest BCUT2D eigenvalue weighted by atomic mass is 16.4. The molecule has 1 fully saturated rings. The van der Waals surface area contributed by atoms with Gasteiger partial charge in [0, 0.05) is 19.0 Å². The molecule has 0 N–H and O–H groups in total. The summed E-state index contributed by atoms with van der Waals surface area (Å²) in [5.41, 5.74) is 2.25. The van der Waals surface area contributed by atoms with Gasteiger partial charge >= 0.3 is 0 Å². The molecule has 0 atom stereocenters. The molecule has 1 aromatic carbocycles. The SMILES string of the molecule is Cc1cccc(CC(=O)N2CCC(c3nnc(-c4ccco4)o3)CC2)c1. The standard InChI is InChI=1S/C20H21N3O3/c1-14-4-2-5-15(12-14)13-18(24)23-9-7-16(8-10-23)19-21-22-20(26-19)17-6-3-11-25-17/h2-6,11-12,16H,7-10,13H2,1H3. The lowest BCUT2D eigenvalue weighted by atomic mass is 9.96. The Labute approximate surface area is 151 Å². The van der Waals surface area contributed by atoms with E-state index in [0.29, 0.717) is 37.1 Å². The average Bonchev–Trinajstić information content (AvgIpc) is 3.33. The summed E-state index contributed by atoms with van der Waals surface area (Å²) < 4.78 is 11.0. The van der Waals surface area contributed by atoms with Crippen molar-refractivity contribution in [3.63, 3.8) is 0 Å². The number of benzene rings is 1. The Balaban J connectivity index is 1.34. The molecule has 2 aromatic heterocycles. The third-order valence-corrected chi connectivity index (χ3v) is 4.81. The molecule has 0 aliphatic carbocycles. The first kappa shape index (κ1) is 16.6. The Morgan fingerprint density at radius 3 is 2.77 bits per heavy atom. The minimum atomic E-state index is 0.177. The Kier molecular flexibility index (Phi) is 4.56. The summed E-state index contributed by atoms with van der Waals surface area (Å²) >= 11 is 0. The Hall–Kier alpha value is -2.89. The molecule has 3 aromatic rings. The molecular formula is C20H21N3O3. The average molecular weight is 351 g/mol. The topological polar surface area (TPSA) is 72.4 Å². The number of carbonyl (C=O) groups excluding carboxylic acids is 1. The van der Waals surface area contributed by atoms with Crippen molar-refractivity contribution in [3.05, 3.63) is 59.7 Å². The van der Waals surface area contributed by atoms with E-state index >= 15 is 0 Å². The number of amides is 1. The molecule has 1 amide bonds. The number of nitrogens with zero attached hydrogens (tertiary/aromatic N) is 3. The smallest absolute Gasteiger partial charge is 0.283 e. The summed E-state index contributed by atoms with van der Waals surface area (Å²) in [5.74, 6) is 1.98. The number of hydrogen-bond donors (Lipinski definition) is 0. The van der Waals surface area contributed by atoms with E-state index in [0.717, 1.165) is 18.4 Å². The van der Waals surface area contributed by atoms with Gasteiger partial charge in [-0.3, -0.25) is 4.79 Å². The summed E-state index contributed by atoms with van der Waals surface area (Å²) in [6.45, 7) is 3.47. The van der Waals surface area contributed by atoms with Crippen LogP contribution in [0.15, 0.2) is 51.5 Å². The van der Waals surface area contributed by atoms with Gasteiger partial charge < -0.3 is 13.7 Å². The molecule has 1 aliphatic heterocycles. The first-order valence-corrected chi connectivity index (χ1v) is 8.89. The molecule has 0 radical (unpaired) electrons. The minimum Gasteiger partial charge on any atom is -0.459 e. The summed E-state index contributed by atoms with van der Waals surface area (Å²) in [5, 5.41) is 8.22. The predicted molar refractivity (Wildman–Crippen MR) is 95.4 cm³/mol. The van der Waals surface area contributed by atoms with E-state index in [-0.39, 0.29) is 11.8 Å². The van der Waals surface area contributed by atoms with E-state index in [1.54, 1.807) is 18.4 Å². The number of piperidine rings is 1. The van der Waals surface area contributed by atoms with Crippen molar-refractivity contribution in [2.24, 2.45) is 0 Å². The van der Waals surface area contributed by atoms with Crippen LogP contribution in [0.25, 0.3) is 11.7 Å². The first-order valence-electron chi connectivity index (χ1n) is 8.89. The van der Waals surface area contributed by atoms with Crippen LogP contribution < -0.4 is 0 Å². The van der Waals surface area contributed by atoms with Crippen LogP contribution in [0.5, 0.6) is 0 Å². The molecule has 3 heterocycles. The number of hydrogen-bond acceptors (Lipinski definition) is 5. The van der Waals surface area contributed by atoms with E-state index in [9.17, 15) is 4.79 Å². The Morgan fingerprint density at radius 2 is 2.04 bits per heavy atom. The lowest BCUT2D eigenvalue weighted by Crippen LogP contribution is -2.38. The third kappa shape index (κ3) is 3.54. The monoisotopic (exact) mass is 351 g/mol. The van der Waals surface area contributed by atoms with Crippen LogP contribution in [-0.4, -0.2) is 34.1 Å². The van der Waals surface area contributed by atoms with E-state index in [4.69, 9.17) is 8.83 Å². The van der Waals surface area contributed by atoms with Gasteiger partial charge in [-0.05, 0) is 37.5 Å². The highest BCUT2D eigenvalue weighted by Crippen LogP contribution is 2.29. The van der Waals surface area contributed by atoms with Crippen molar-refractivity contribution in [2.45, 2.75) is 32.1 Å². The number of carbonyl (C=O) groups is 1. The van der Waals surface area contributed by atoms with Crippen molar-refractivity contribution >= 4 is 5.91 Å². The molecule has 0 unspecified atom stereocenters. The third-order valence-electron chi connectivity index (χ3n) is 4.81. The zero-order valence-corrected chi connectivity index (χ0v) is 14.7. The van der Waals surface area contributed by atoms with Gasteiger partial charge in [0.05, 0.1) is 12.7 Å². The molecule has 4 rings (SSSR count). The highest BCUT2D eigenvalue weighted by molar-refractivity contribution is 5.78. The van der Waals surface area contributed by atoms with Crippen molar-refractivity contribution in [1.82, 2.24) is 15.1 Å². The van der Waals surface area contributed by atoms with Gasteiger partial charge in [-0.15, -0.1) is 10.2 Å². The van der Waals surface area contributed by atoms with Crippen LogP contribution in [0.2, 0.25) is 0 Å². The normalized spacial score (nSPS) is 15.3. The van der Waals surface area contributed by atoms with Gasteiger partial charge in [-0.2, -0.15) is 0 Å². The maximum atomic E-state index is 12.5. The van der Waals surface area contributed by atoms with Gasteiger partial charge in [0.1, 0.15) is 0 Å². The fraction of sp³-hybridized carbons (Fsp3) is 0.350. The second-order valence-electron chi connectivity index (χ2n) is 6.74. The van der Waals surface area contributed by atoms with Crippen LogP contribution in [0, 0.1) is 6.92 Å². The van der Waals surface area contributed by atoms with Crippen molar-refractivity contribution in [1.29, 1.82) is 0 Å². The molecule has 26 heavy (non-hydrogen) atoms. The molecule has 6 nitrogen and oxygen atoms in total. The van der Waals surface area contributed by atoms with Crippen LogP contribution in [0.1, 0.15) is 35.8 Å². The van der Waals surface area contributed by atoms with Crippen LogP contribution >= 0.6 is 0 Å². The number of aromatic nitrogens is 2. The predicted octanol–water partition coefficient (Wildman–Crippen LogP) is 3.59. The van der Waals surface area contributed by atoms with Gasteiger partial charge in [0.15, 0.2) is 5.76 Å². The van der Waals surface area contributed by atoms with Gasteiger partial charge in [-0.1, -0.05) is 29.8 Å². The second-order valence-corrected chi connectivity index (χ2v) is 6.74. The van der Waals surface area contributed by atoms with Crippen LogP contribution in [0.3, 0.4) is 0 Å². The van der Waals surface area contributed by atoms with Gasteiger partial charge in [0.2, 0.25) is 11.8 Å². The maximum absolute atomic E-state index is 12.5. The number of likely N-dealkylation sites (tertiary alicyclic amines) is 1. The van der Waals surface area contributed by atoms with E-state index in [1.807, 2.05) is 30.0 Å². The van der Waals surface area contributed by atoms with Gasteiger partial charge in [-0.25, -0.2) is 0 Å². The van der Waals surface area contributed by atoms with Crippen molar-refractivity contribution < 1.29 is 13.6 Å². The van der Waals surface area contributed by atoms with Crippen LogP contribution in [0.4, 0.5) is 0 Å². The largest absolute Gasteiger partial charge is 0.459 e. The van der Waals surface area contributed by atoms with Crippen LogP contribution in [-0.2, 0) is 11.2 Å². The summed E-state index contributed by atoms with van der Waals surface area (Å²) in [6, 6.07) is 11.7. The molecule has 0 bridgehead atoms. The number of furan rings is 1. The lowest BCUT2D eigenvalue weighted by molar-refractivity contribution is -0.131. The molecule has 1 aliphatic rings. The molecule has 134 valence electrons. The Morgan fingerprint density at radius 1 is 1.19 bits per heavy atom. The second kappa shape index (κ2) is 7.15. The minimum absolute atomic E-state index is 0.177. The zero-order valence-electron chi connectivity index (χ0n) is 14.7. The van der Waals surface area contributed by atoms with Crippen molar-refractivity contribution in [2.75, 3.05) is 13.1 Å². The maximum Gasteiger partial charge on any atom is 0.283 e. The number of rotatable bonds is 4. The number of aryl methyl sites for hydroxylation is 1. The molecule has 6 heteroatoms. The van der Waals surface area contributed by atoms with Gasteiger partial charge in [0.25, 0.3) is 5.89 Å². The molecule has 0 saturated carbocycles. The zero-order chi connectivity index (χ0) is 17.9. The molecule has 0 spiro atoms. The summed E-state index contributed by atoms with van der Waals surface area (Å²) in [6.07, 6.45) is 3.70. The molecule has 1 saturated heterocycles. The summed E-state index contributed by atoms with van der Waals surface area (Å²) in [4.78, 5) is 14.5. The van der Waals surface area contributed by atoms with Crippen molar-refractivity contribution in [3.8, 4) is 11.7 Å². The first-order chi connectivity index (χ1) is 12.7. The fourth-order valence-electron chi connectivity index (χ4n) is 3.38. The Bertz CT molecular complexity index is 877. The highest BCUT2D eigenvalue weighted by Gasteiger charge is 2.27. The fourth-order valence-corrected chi connectivity index (χ4v) is 3.38. The lowest BCUT2D eigenvalue weighted by Gasteiger charge is -2.30. The quantitative estimate of drug-likeness (QED) is 0.718. The summed E-state index contributed by atoms with van der Waals surface area (Å²) in [7, 11) is 0.